The van der Waals surface area contributed by atoms with E-state index in [1.54, 1.807) is 21.1 Å². The first-order chi connectivity index (χ1) is 26.2. The average Bonchev–Trinajstić information content (AvgIpc) is 3.74. The Morgan fingerprint density at radius 3 is 1.96 bits per heavy atom. The van der Waals surface area contributed by atoms with Crippen LogP contribution in [0, 0.1) is 11.8 Å². The van der Waals surface area contributed by atoms with Gasteiger partial charge in [0, 0.05) is 17.8 Å². The third-order valence-corrected chi connectivity index (χ3v) is 22.1. The monoisotopic (exact) mass is 818 g/mol. The van der Waals surface area contributed by atoms with Crippen LogP contribution < -0.4 is 23.4 Å². The van der Waals surface area contributed by atoms with Gasteiger partial charge in [0.05, 0.1) is 33.5 Å². The van der Waals surface area contributed by atoms with Crippen LogP contribution in [0.15, 0.2) is 24.3 Å². The predicted octanol–water partition coefficient (Wildman–Crippen LogP) is 6.84. The zero-order valence-electron chi connectivity index (χ0n) is 35.2. The van der Waals surface area contributed by atoms with Crippen LogP contribution in [0.4, 0.5) is 0 Å². The van der Waals surface area contributed by atoms with E-state index < -0.39 is 77.9 Å². The number of methoxy groups -OCH3 is 2. The fraction of sp³-hybridized carbons (Fsp3) is 0.707. The van der Waals surface area contributed by atoms with Crippen molar-refractivity contribution >= 4 is 16.6 Å². The van der Waals surface area contributed by atoms with Gasteiger partial charge in [0.2, 0.25) is 6.79 Å². The van der Waals surface area contributed by atoms with Crippen molar-refractivity contribution in [2.24, 2.45) is 11.8 Å². The van der Waals surface area contributed by atoms with Gasteiger partial charge in [-0.2, -0.15) is 0 Å². The molecule has 6 unspecified atom stereocenters. The number of benzene rings is 2. The summed E-state index contributed by atoms with van der Waals surface area (Å²) in [4.78, 5) is 0. The zero-order chi connectivity index (χ0) is 40.7. The normalized spacial score (nSPS) is 33.0. The highest BCUT2D eigenvalue weighted by atomic mass is 28.4. The van der Waals surface area contributed by atoms with Gasteiger partial charge in [-0.25, -0.2) is 0 Å². The smallest absolute Gasteiger partial charge is 0.250 e. The lowest BCUT2D eigenvalue weighted by molar-refractivity contribution is -0.362. The highest BCUT2D eigenvalue weighted by molar-refractivity contribution is 6.75. The van der Waals surface area contributed by atoms with Crippen molar-refractivity contribution in [3.63, 3.8) is 0 Å². The lowest BCUT2D eigenvalue weighted by Crippen LogP contribution is -2.66. The minimum Gasteiger partial charge on any atom is -0.539 e. The van der Waals surface area contributed by atoms with Crippen LogP contribution in [0.1, 0.15) is 77.2 Å². The van der Waals surface area contributed by atoms with Gasteiger partial charge >= 0.3 is 0 Å². The van der Waals surface area contributed by atoms with Crippen LogP contribution in [-0.4, -0.2) is 104 Å². The molecule has 2 N–H and O–H groups in total. The molecule has 3 saturated heterocycles. The largest absolute Gasteiger partial charge is 0.539 e. The molecule has 13 nitrogen and oxygen atoms in total. The van der Waals surface area contributed by atoms with Crippen molar-refractivity contribution in [3.8, 4) is 28.7 Å². The molecule has 2 aromatic rings. The van der Waals surface area contributed by atoms with E-state index in [0.29, 0.717) is 28.7 Å². The van der Waals surface area contributed by atoms with Crippen LogP contribution >= 0.6 is 0 Å². The summed E-state index contributed by atoms with van der Waals surface area (Å²) in [5.41, 5.74) is 2.53. The molecule has 312 valence electrons. The van der Waals surface area contributed by atoms with Crippen LogP contribution in [0.3, 0.4) is 0 Å². The van der Waals surface area contributed by atoms with Gasteiger partial charge in [0.15, 0.2) is 55.9 Å². The molecular formula is C41H62O13Si2. The summed E-state index contributed by atoms with van der Waals surface area (Å²) in [6, 6.07) is 7.88. The highest BCUT2D eigenvalue weighted by Gasteiger charge is 2.57. The first-order valence-corrected chi connectivity index (χ1v) is 25.6. The molecule has 5 aliphatic rings. The molecule has 2 aromatic carbocycles. The van der Waals surface area contributed by atoms with Crippen LogP contribution in [0.5, 0.6) is 28.7 Å². The zero-order valence-corrected chi connectivity index (χ0v) is 37.2. The van der Waals surface area contributed by atoms with E-state index in [1.165, 1.54) is 0 Å². The third kappa shape index (κ3) is 7.39. The summed E-state index contributed by atoms with van der Waals surface area (Å²) >= 11 is 0. The summed E-state index contributed by atoms with van der Waals surface area (Å²) in [6.45, 7) is 24.0. The van der Waals surface area contributed by atoms with E-state index in [4.69, 9.17) is 51.5 Å². The Balaban J connectivity index is 1.33. The van der Waals surface area contributed by atoms with Crippen LogP contribution in [-0.2, 0) is 28.1 Å². The highest BCUT2D eigenvalue weighted by Crippen LogP contribution is 2.58. The summed E-state index contributed by atoms with van der Waals surface area (Å²) in [6.07, 6.45) is -6.48. The van der Waals surface area contributed by atoms with Gasteiger partial charge in [-0.05, 0) is 84.1 Å². The van der Waals surface area contributed by atoms with E-state index in [9.17, 15) is 10.2 Å². The van der Waals surface area contributed by atoms with E-state index in [1.807, 2.05) is 24.3 Å². The minimum atomic E-state index is -2.48. The fourth-order valence-electron chi connectivity index (χ4n) is 8.02. The van der Waals surface area contributed by atoms with Crippen molar-refractivity contribution in [2.45, 2.75) is 140 Å². The van der Waals surface area contributed by atoms with Gasteiger partial charge in [-0.3, -0.25) is 0 Å². The molecule has 0 bridgehead atoms. The Bertz CT molecular complexity index is 1730. The van der Waals surface area contributed by atoms with Gasteiger partial charge in [0.1, 0.15) is 24.4 Å². The molecule has 0 saturated carbocycles. The summed E-state index contributed by atoms with van der Waals surface area (Å²) < 4.78 is 69.4. The first kappa shape index (κ1) is 41.7. The predicted molar refractivity (Wildman–Crippen MR) is 212 cm³/mol. The van der Waals surface area contributed by atoms with Crippen molar-refractivity contribution in [1.29, 1.82) is 0 Å². The Labute approximate surface area is 333 Å². The van der Waals surface area contributed by atoms with Crippen LogP contribution in [0.2, 0.25) is 36.3 Å². The number of hydrogen-bond donors (Lipinski definition) is 2. The number of aliphatic hydroxyl groups excluding tert-OH is 2. The van der Waals surface area contributed by atoms with Crippen molar-refractivity contribution < 1.29 is 61.7 Å². The fourth-order valence-corrected chi connectivity index (χ4v) is 10.3. The molecule has 4 heterocycles. The average molecular weight is 819 g/mol. The molecule has 56 heavy (non-hydrogen) atoms. The maximum Gasteiger partial charge on any atom is 0.250 e. The van der Waals surface area contributed by atoms with E-state index in [0.717, 1.165) is 16.7 Å². The number of rotatable bonds is 9. The van der Waals surface area contributed by atoms with E-state index in [2.05, 4.69) is 67.7 Å². The SMILES string of the molecule is COc1cc([C@@H]2c3cc4c(cc3[C@@H](OC3OC5COC(C)OC5C(O)C3O[Si](C)(C)C(C)(C)C)[C@H]3CO[C@@H](O)[C@H]23)OCO4)cc(OC)c1O[Si](C)(C)C(C)(C)C. The second kappa shape index (κ2) is 15.0. The molecule has 0 spiro atoms. The lowest BCUT2D eigenvalue weighted by Gasteiger charge is -2.51. The molecule has 4 aliphatic heterocycles. The Morgan fingerprint density at radius 1 is 0.768 bits per heavy atom. The van der Waals surface area contributed by atoms with Gasteiger partial charge < -0.3 is 61.7 Å². The minimum absolute atomic E-state index is 0.0663. The Kier molecular flexibility index (Phi) is 11.2. The third-order valence-electron chi connectivity index (χ3n) is 13.3. The first-order valence-electron chi connectivity index (χ1n) is 19.8. The maximum absolute atomic E-state index is 12.0. The topological polar surface area (TPSA) is 142 Å². The Morgan fingerprint density at radius 2 is 1.38 bits per heavy atom. The molecule has 0 aromatic heterocycles. The molecule has 15 heteroatoms. The second-order valence-electron chi connectivity index (χ2n) is 18.8. The Hall–Kier alpha value is -2.45. The number of fused-ring (bicyclic) bond motifs is 4. The second-order valence-corrected chi connectivity index (χ2v) is 28.3. The molecule has 11 atom stereocenters. The molecule has 0 radical (unpaired) electrons. The maximum atomic E-state index is 12.0. The summed E-state index contributed by atoms with van der Waals surface area (Å²) in [7, 11) is -1.54. The van der Waals surface area contributed by atoms with Gasteiger partial charge in [-0.15, -0.1) is 0 Å². The standard InChI is InChI=1S/C41H62O13Si2/c1-21-46-19-30-36(50-21)33(42)37(54-56(12,13)41(5,6)7)39(51-30)52-34-24-17-27-26(48-20-49-27)16-23(24)31(32-25(34)18-47-38(32)43)22-14-28(44-8)35(29(15-22)45-9)53-55(10,11)40(2,3)4/h14-17,21,25,30-34,36-39,42-43H,18-20H2,1-13H3/t21?,25-,30?,31+,32-,33?,34+,36?,37?,38+,39?/m0/s1. The van der Waals surface area contributed by atoms with E-state index in [-0.39, 0.29) is 36.0 Å². The lowest BCUT2D eigenvalue weighted by atomic mass is 9.65. The van der Waals surface area contributed by atoms with Crippen molar-refractivity contribution in [2.75, 3.05) is 34.2 Å². The molecular weight excluding hydrogens is 757 g/mol. The quantitative estimate of drug-likeness (QED) is 0.256. The molecule has 0 amide bonds. The summed E-state index contributed by atoms with van der Waals surface area (Å²) in [5.74, 6) is 1.56. The molecule has 3 fully saturated rings. The number of aliphatic hydroxyl groups is 2. The van der Waals surface area contributed by atoms with Crippen LogP contribution in [0.25, 0.3) is 0 Å². The molecule has 7 rings (SSSR count). The molecule has 1 aliphatic carbocycles. The van der Waals surface area contributed by atoms with Crippen molar-refractivity contribution in [1.82, 2.24) is 0 Å². The number of hydrogen-bond acceptors (Lipinski definition) is 13. The summed E-state index contributed by atoms with van der Waals surface area (Å²) in [5, 5.41) is 23.5. The van der Waals surface area contributed by atoms with E-state index >= 15 is 0 Å². The number of ether oxygens (including phenoxy) is 9. The van der Waals surface area contributed by atoms with Crippen molar-refractivity contribution in [3.05, 3.63) is 41.0 Å². The van der Waals surface area contributed by atoms with Gasteiger partial charge in [-0.1, -0.05) is 41.5 Å². The van der Waals surface area contributed by atoms with Gasteiger partial charge in [0.25, 0.3) is 8.32 Å².